The van der Waals surface area contributed by atoms with E-state index in [-0.39, 0.29) is 64.8 Å². The number of phenols is 1. The lowest BCUT2D eigenvalue weighted by atomic mass is 10.0. The second kappa shape index (κ2) is 12.3. The third-order valence-electron chi connectivity index (χ3n) is 7.99. The Hall–Kier alpha value is -4.60. The molecule has 4 aromatic rings. The molecule has 1 aliphatic rings. The average molecular weight is 672 g/mol. The number of fused-ring (bicyclic) bond motifs is 1. The van der Waals surface area contributed by atoms with Gasteiger partial charge in [-0.15, -0.1) is 0 Å². The minimum Gasteiger partial charge on any atom is -0.504 e. The van der Waals surface area contributed by atoms with E-state index in [2.05, 4.69) is 16.5 Å². The zero-order valence-electron chi connectivity index (χ0n) is 25.1. The molecule has 3 aromatic heterocycles. The number of piperazine rings is 1. The summed E-state index contributed by atoms with van der Waals surface area (Å²) in [6.07, 6.45) is 2.77. The standard InChI is InChI=1S/C32H27Cl2F3N6O3/c1-6-20(44)42-10-9-41(13-16(42)5)29-17-11-19(33)27(21-23(35)22(34)24(36)25(37)30(21)45)40-31(17)43(32(46)18(29)12-38)28-15(4)7-8-39-26(28)14(2)3/h6-8,11,14,16,45H,1,9-10,13H2,2-5H3/t16-/m1/s1. The van der Waals surface area contributed by atoms with E-state index in [1.165, 1.54) is 12.1 Å². The summed E-state index contributed by atoms with van der Waals surface area (Å²) >= 11 is 12.4. The van der Waals surface area contributed by atoms with E-state index in [9.17, 15) is 28.7 Å². The van der Waals surface area contributed by atoms with Crippen LogP contribution in [-0.2, 0) is 4.79 Å². The van der Waals surface area contributed by atoms with Gasteiger partial charge < -0.3 is 14.9 Å². The van der Waals surface area contributed by atoms with Crippen molar-refractivity contribution in [3.8, 4) is 28.8 Å². The molecule has 1 N–H and O–H groups in total. The van der Waals surface area contributed by atoms with Crippen LogP contribution in [0.1, 0.15) is 43.5 Å². The Balaban J connectivity index is 1.94. The van der Waals surface area contributed by atoms with E-state index in [1.807, 2.05) is 19.9 Å². The highest BCUT2D eigenvalue weighted by Crippen LogP contribution is 2.44. The molecule has 14 heteroatoms. The van der Waals surface area contributed by atoms with E-state index >= 15 is 4.39 Å². The highest BCUT2D eigenvalue weighted by Gasteiger charge is 2.33. The summed E-state index contributed by atoms with van der Waals surface area (Å²) in [5.74, 6) is -7.05. The van der Waals surface area contributed by atoms with Gasteiger partial charge in [0.25, 0.3) is 5.56 Å². The third kappa shape index (κ3) is 5.13. The number of hydrogen-bond acceptors (Lipinski definition) is 7. The van der Waals surface area contributed by atoms with E-state index in [0.717, 1.165) is 4.57 Å². The summed E-state index contributed by atoms with van der Waals surface area (Å²) in [5.41, 5.74) is -1.08. The maximum absolute atomic E-state index is 15.4. The monoisotopic (exact) mass is 670 g/mol. The topological polar surface area (TPSA) is 115 Å². The first-order valence-corrected chi connectivity index (χ1v) is 14.9. The Kier molecular flexibility index (Phi) is 8.77. The number of pyridine rings is 3. The molecule has 1 amide bonds. The van der Waals surface area contributed by atoms with Crippen molar-refractivity contribution < 1.29 is 23.1 Å². The second-order valence-electron chi connectivity index (χ2n) is 11.2. The number of nitrogens with zero attached hydrogens (tertiary/aromatic N) is 6. The predicted molar refractivity (Wildman–Crippen MR) is 169 cm³/mol. The molecule has 1 saturated heterocycles. The number of nitriles is 1. The van der Waals surface area contributed by atoms with Crippen molar-refractivity contribution in [2.24, 2.45) is 0 Å². The molecule has 9 nitrogen and oxygen atoms in total. The van der Waals surface area contributed by atoms with Crippen molar-refractivity contribution in [2.45, 2.75) is 39.7 Å². The van der Waals surface area contributed by atoms with Gasteiger partial charge in [0.05, 0.1) is 33.3 Å². The Bertz CT molecular complexity index is 2030. The van der Waals surface area contributed by atoms with Gasteiger partial charge in [-0.05, 0) is 43.5 Å². The van der Waals surface area contributed by atoms with E-state index in [1.54, 1.807) is 35.9 Å². The molecule has 0 spiro atoms. The quantitative estimate of drug-likeness (QED) is 0.148. The molecular formula is C32H27Cl2F3N6O3. The van der Waals surface area contributed by atoms with Crippen LogP contribution >= 0.6 is 23.2 Å². The molecule has 238 valence electrons. The second-order valence-corrected chi connectivity index (χ2v) is 12.0. The third-order valence-corrected chi connectivity index (χ3v) is 8.61. The number of aromatic hydroxyl groups is 1. The molecule has 0 radical (unpaired) electrons. The SMILES string of the molecule is C=CC(=O)N1CCN(c2c(C#N)c(=O)n(-c3c(C)ccnc3C(C)C)c3nc(-c4c(O)c(F)c(F)c(Cl)c4F)c(Cl)cc23)C[C@H]1C. The molecule has 0 bridgehead atoms. The lowest BCUT2D eigenvalue weighted by Crippen LogP contribution is -2.54. The molecule has 4 heterocycles. The maximum atomic E-state index is 15.4. The number of aromatic nitrogens is 3. The van der Waals surface area contributed by atoms with Crippen molar-refractivity contribution in [3.63, 3.8) is 0 Å². The predicted octanol–water partition coefficient (Wildman–Crippen LogP) is 6.40. The Morgan fingerprint density at radius 2 is 1.89 bits per heavy atom. The van der Waals surface area contributed by atoms with Gasteiger partial charge in [-0.25, -0.2) is 13.8 Å². The highest BCUT2D eigenvalue weighted by atomic mass is 35.5. The van der Waals surface area contributed by atoms with Crippen molar-refractivity contribution in [3.05, 3.63) is 85.7 Å². The van der Waals surface area contributed by atoms with Crippen molar-refractivity contribution >= 4 is 45.8 Å². The summed E-state index contributed by atoms with van der Waals surface area (Å²) in [7, 11) is 0. The number of carbonyl (C=O) groups is 1. The fraction of sp³-hybridized carbons (Fsp3) is 0.281. The molecule has 1 fully saturated rings. The number of phenolic OH excluding ortho intramolecular Hbond substituents is 1. The van der Waals surface area contributed by atoms with E-state index in [4.69, 9.17) is 23.2 Å². The molecule has 0 saturated carbocycles. The largest absolute Gasteiger partial charge is 0.504 e. The van der Waals surface area contributed by atoms with E-state index < -0.39 is 45.0 Å². The number of rotatable bonds is 5. The molecule has 46 heavy (non-hydrogen) atoms. The zero-order chi connectivity index (χ0) is 33.8. The summed E-state index contributed by atoms with van der Waals surface area (Å²) in [4.78, 5) is 39.2. The first-order chi connectivity index (χ1) is 21.7. The van der Waals surface area contributed by atoms with Gasteiger partial charge in [0.15, 0.2) is 17.4 Å². The number of anilines is 1. The zero-order valence-corrected chi connectivity index (χ0v) is 26.6. The van der Waals surface area contributed by atoms with Crippen LogP contribution in [0.3, 0.4) is 0 Å². The minimum absolute atomic E-state index is 0.131. The fourth-order valence-electron chi connectivity index (χ4n) is 5.81. The van der Waals surface area contributed by atoms with Crippen LogP contribution in [0.2, 0.25) is 10.0 Å². The molecule has 1 aliphatic heterocycles. The normalized spacial score (nSPS) is 15.0. The number of hydrogen-bond donors (Lipinski definition) is 1. The number of carbonyl (C=O) groups excluding carboxylic acids is 1. The van der Waals surface area contributed by atoms with Crippen LogP contribution < -0.4 is 10.5 Å². The van der Waals surface area contributed by atoms with Crippen LogP contribution in [-0.4, -0.2) is 56.1 Å². The number of aryl methyl sites for hydroxylation is 1. The maximum Gasteiger partial charge on any atom is 0.276 e. The van der Waals surface area contributed by atoms with Crippen LogP contribution in [0.15, 0.2) is 35.8 Å². The van der Waals surface area contributed by atoms with Gasteiger partial charge in [-0.2, -0.15) is 9.65 Å². The average Bonchev–Trinajstić information content (AvgIpc) is 3.02. The summed E-state index contributed by atoms with van der Waals surface area (Å²) in [6.45, 7) is 11.5. The Morgan fingerprint density at radius 1 is 1.20 bits per heavy atom. The lowest BCUT2D eigenvalue weighted by molar-refractivity contribution is -0.128. The van der Waals surface area contributed by atoms with Crippen molar-refractivity contribution in [1.82, 2.24) is 19.4 Å². The Labute approximate surface area is 271 Å². The van der Waals surface area contributed by atoms with Gasteiger partial charge in [-0.3, -0.25) is 19.1 Å². The van der Waals surface area contributed by atoms with Gasteiger partial charge >= 0.3 is 0 Å². The van der Waals surface area contributed by atoms with Crippen molar-refractivity contribution in [1.29, 1.82) is 5.26 Å². The van der Waals surface area contributed by atoms with Crippen molar-refractivity contribution in [2.75, 3.05) is 24.5 Å². The van der Waals surface area contributed by atoms with Gasteiger partial charge in [0.1, 0.15) is 22.3 Å². The first kappa shape index (κ1) is 32.8. The number of benzene rings is 1. The molecule has 5 rings (SSSR count). The smallest absolute Gasteiger partial charge is 0.276 e. The van der Waals surface area contributed by atoms with E-state index in [0.29, 0.717) is 16.9 Å². The summed E-state index contributed by atoms with van der Waals surface area (Å²) < 4.78 is 45.4. The summed E-state index contributed by atoms with van der Waals surface area (Å²) in [5, 5.41) is 19.6. The first-order valence-electron chi connectivity index (χ1n) is 14.1. The molecule has 1 aromatic carbocycles. The van der Waals surface area contributed by atoms with Crippen LogP contribution in [0.4, 0.5) is 18.9 Å². The minimum atomic E-state index is -1.82. The fourth-order valence-corrected chi connectivity index (χ4v) is 6.23. The van der Waals surface area contributed by atoms with Gasteiger partial charge in [-0.1, -0.05) is 43.6 Å². The van der Waals surface area contributed by atoms with Gasteiger partial charge in [0.2, 0.25) is 11.7 Å². The number of amides is 1. The Morgan fingerprint density at radius 3 is 2.50 bits per heavy atom. The van der Waals surface area contributed by atoms with Crippen LogP contribution in [0, 0.1) is 35.7 Å². The molecular weight excluding hydrogens is 644 g/mol. The van der Waals surface area contributed by atoms with Crippen LogP contribution in [0.5, 0.6) is 5.75 Å². The number of halogens is 5. The summed E-state index contributed by atoms with van der Waals surface area (Å²) in [6, 6.07) is 4.65. The highest BCUT2D eigenvalue weighted by molar-refractivity contribution is 6.34. The molecule has 0 unspecified atom stereocenters. The van der Waals surface area contributed by atoms with Crippen LogP contribution in [0.25, 0.3) is 28.0 Å². The molecule has 0 aliphatic carbocycles. The molecule has 1 atom stereocenters. The van der Waals surface area contributed by atoms with Gasteiger partial charge in [0, 0.05) is 37.3 Å². The lowest BCUT2D eigenvalue weighted by Gasteiger charge is -2.41.